The molecule has 1 heterocycles. The van der Waals surface area contributed by atoms with E-state index in [0.717, 1.165) is 6.20 Å². The molecule has 0 aliphatic rings. The van der Waals surface area contributed by atoms with Crippen LogP contribution in [-0.4, -0.2) is 4.98 Å². The van der Waals surface area contributed by atoms with Crippen LogP contribution in [0.5, 0.6) is 0 Å². The van der Waals surface area contributed by atoms with Crippen LogP contribution < -0.4 is 5.73 Å². The second kappa shape index (κ2) is 4.32. The van der Waals surface area contributed by atoms with Crippen LogP contribution in [0.4, 0.5) is 14.5 Å². The first-order chi connectivity index (χ1) is 6.07. The van der Waals surface area contributed by atoms with Gasteiger partial charge in [0.25, 0.3) is 6.43 Å². The van der Waals surface area contributed by atoms with Gasteiger partial charge in [0.15, 0.2) is 0 Å². The highest BCUT2D eigenvalue weighted by Crippen LogP contribution is 2.32. The monoisotopic (exact) mass is 314 g/mol. The summed E-state index contributed by atoms with van der Waals surface area (Å²) in [7, 11) is 0. The van der Waals surface area contributed by atoms with E-state index in [0.29, 0.717) is 15.5 Å². The molecule has 0 saturated heterocycles. The average Bonchev–Trinajstić information content (AvgIpc) is 2.09. The Morgan fingerprint density at radius 3 is 2.62 bits per heavy atom. The van der Waals surface area contributed by atoms with E-state index in [1.807, 2.05) is 0 Å². The van der Waals surface area contributed by atoms with Gasteiger partial charge in [0.1, 0.15) is 0 Å². The van der Waals surface area contributed by atoms with Gasteiger partial charge in [0.05, 0.1) is 21.4 Å². The highest BCUT2D eigenvalue weighted by Gasteiger charge is 2.16. The Bertz CT molecular complexity index is 318. The van der Waals surface area contributed by atoms with E-state index >= 15 is 0 Å². The molecule has 0 amide bonds. The van der Waals surface area contributed by atoms with Crippen molar-refractivity contribution < 1.29 is 8.78 Å². The molecule has 1 rings (SSSR count). The number of nitrogens with two attached hydrogens (primary N) is 1. The maximum Gasteiger partial charge on any atom is 0.267 e. The third kappa shape index (κ3) is 2.17. The van der Waals surface area contributed by atoms with E-state index in [-0.39, 0.29) is 11.3 Å². The van der Waals surface area contributed by atoms with Crippen molar-refractivity contribution in [3.05, 3.63) is 21.9 Å². The highest BCUT2D eigenvalue weighted by molar-refractivity contribution is 9.11. The van der Waals surface area contributed by atoms with E-state index in [2.05, 4.69) is 36.8 Å². The molecule has 1 aromatic heterocycles. The van der Waals surface area contributed by atoms with Gasteiger partial charge in [-0.3, -0.25) is 4.98 Å². The van der Waals surface area contributed by atoms with Crippen LogP contribution in [0.15, 0.2) is 10.7 Å². The van der Waals surface area contributed by atoms with Crippen molar-refractivity contribution in [3.8, 4) is 0 Å². The first-order valence-electron chi connectivity index (χ1n) is 3.34. The lowest BCUT2D eigenvalue weighted by Gasteiger charge is -2.08. The zero-order valence-electron chi connectivity index (χ0n) is 6.40. The normalized spacial score (nSPS) is 10.8. The first kappa shape index (κ1) is 10.8. The highest BCUT2D eigenvalue weighted by atomic mass is 79.9. The van der Waals surface area contributed by atoms with Gasteiger partial charge in [-0.15, -0.1) is 0 Å². The summed E-state index contributed by atoms with van der Waals surface area (Å²) in [5, 5.41) is 0.474. The second-order valence-corrected chi connectivity index (χ2v) is 3.68. The quantitative estimate of drug-likeness (QED) is 0.851. The molecule has 6 heteroatoms. The van der Waals surface area contributed by atoms with Crippen LogP contribution in [0.1, 0.15) is 17.7 Å². The number of anilines is 1. The van der Waals surface area contributed by atoms with Gasteiger partial charge < -0.3 is 5.73 Å². The molecule has 0 aliphatic heterocycles. The van der Waals surface area contributed by atoms with Gasteiger partial charge in [-0.2, -0.15) is 0 Å². The number of nitrogen functional groups attached to an aromatic ring is 1. The number of pyridine rings is 1. The molecule has 0 fully saturated rings. The number of rotatable bonds is 2. The minimum atomic E-state index is -2.59. The third-order valence-corrected chi connectivity index (χ3v) is 2.94. The lowest BCUT2D eigenvalue weighted by Crippen LogP contribution is -2.00. The molecule has 0 spiro atoms. The van der Waals surface area contributed by atoms with Crippen LogP contribution in [0.3, 0.4) is 0 Å². The van der Waals surface area contributed by atoms with Crippen molar-refractivity contribution in [3.63, 3.8) is 0 Å². The fourth-order valence-electron chi connectivity index (χ4n) is 0.823. The maximum atomic E-state index is 12.3. The summed E-state index contributed by atoms with van der Waals surface area (Å²) < 4.78 is 25.0. The van der Waals surface area contributed by atoms with E-state index in [1.54, 1.807) is 0 Å². The van der Waals surface area contributed by atoms with Crippen LogP contribution >= 0.6 is 31.9 Å². The Morgan fingerprint density at radius 2 is 2.15 bits per heavy atom. The molecule has 0 aliphatic carbocycles. The predicted molar refractivity (Wildman–Crippen MR) is 53.9 cm³/mol. The Labute approximate surface area is 90.8 Å². The standard InChI is InChI=1S/C7H6Br2F2N2/c8-1-4-5(9)6(12)3(2-13-4)7(10)11/h2,7H,1H2,(H2,12,13). The fraction of sp³-hybridized carbons (Fsp3) is 0.286. The molecular weight excluding hydrogens is 310 g/mol. The summed E-state index contributed by atoms with van der Waals surface area (Å²) in [4.78, 5) is 3.83. The van der Waals surface area contributed by atoms with Crippen molar-refractivity contribution in [1.82, 2.24) is 4.98 Å². The maximum absolute atomic E-state index is 12.3. The molecule has 0 aromatic carbocycles. The topological polar surface area (TPSA) is 38.9 Å². The van der Waals surface area contributed by atoms with E-state index in [1.165, 1.54) is 0 Å². The summed E-state index contributed by atoms with van der Waals surface area (Å²) in [6.07, 6.45) is -1.49. The zero-order chi connectivity index (χ0) is 10.0. The Balaban J connectivity index is 3.23. The molecule has 0 radical (unpaired) electrons. The van der Waals surface area contributed by atoms with Gasteiger partial charge >= 0.3 is 0 Å². The van der Waals surface area contributed by atoms with Crippen molar-refractivity contribution >= 4 is 37.5 Å². The molecule has 2 N–H and O–H groups in total. The molecule has 72 valence electrons. The molecular formula is C7H6Br2F2N2. The third-order valence-electron chi connectivity index (χ3n) is 1.52. The van der Waals surface area contributed by atoms with E-state index < -0.39 is 6.43 Å². The average molecular weight is 316 g/mol. The molecule has 0 unspecified atom stereocenters. The number of hydrogen-bond acceptors (Lipinski definition) is 2. The summed E-state index contributed by atoms with van der Waals surface area (Å²) in [5.74, 6) is 0. The smallest absolute Gasteiger partial charge is 0.267 e. The number of nitrogens with zero attached hydrogens (tertiary/aromatic N) is 1. The van der Waals surface area contributed by atoms with Crippen molar-refractivity contribution in [2.45, 2.75) is 11.8 Å². The zero-order valence-corrected chi connectivity index (χ0v) is 9.57. The van der Waals surface area contributed by atoms with Crippen LogP contribution in [0, 0.1) is 0 Å². The summed E-state index contributed by atoms with van der Waals surface area (Å²) in [6.45, 7) is 0. The summed E-state index contributed by atoms with van der Waals surface area (Å²) in [6, 6.07) is 0. The number of alkyl halides is 3. The van der Waals surface area contributed by atoms with Crippen LogP contribution in [0.2, 0.25) is 0 Å². The fourth-order valence-corrected chi connectivity index (χ4v) is 2.10. The molecule has 1 aromatic rings. The molecule has 2 nitrogen and oxygen atoms in total. The molecule has 0 bridgehead atoms. The number of hydrogen-bond donors (Lipinski definition) is 1. The molecule has 0 atom stereocenters. The van der Waals surface area contributed by atoms with Gasteiger partial charge in [-0.05, 0) is 15.9 Å². The van der Waals surface area contributed by atoms with E-state index in [9.17, 15) is 8.78 Å². The van der Waals surface area contributed by atoms with Crippen LogP contribution in [0.25, 0.3) is 0 Å². The van der Waals surface area contributed by atoms with E-state index in [4.69, 9.17) is 5.73 Å². The van der Waals surface area contributed by atoms with Gasteiger partial charge in [0, 0.05) is 11.5 Å². The molecule has 0 saturated carbocycles. The SMILES string of the molecule is Nc1c(C(F)F)cnc(CBr)c1Br. The Morgan fingerprint density at radius 1 is 1.54 bits per heavy atom. The minimum Gasteiger partial charge on any atom is -0.397 e. The largest absolute Gasteiger partial charge is 0.397 e. The lowest BCUT2D eigenvalue weighted by molar-refractivity contribution is 0.151. The summed E-state index contributed by atoms with van der Waals surface area (Å²) >= 11 is 6.28. The van der Waals surface area contributed by atoms with Gasteiger partial charge in [0.2, 0.25) is 0 Å². The first-order valence-corrected chi connectivity index (χ1v) is 5.26. The minimum absolute atomic E-state index is 0.0550. The molecule has 13 heavy (non-hydrogen) atoms. The summed E-state index contributed by atoms with van der Waals surface area (Å²) in [5.41, 5.74) is 5.90. The van der Waals surface area contributed by atoms with Gasteiger partial charge in [-0.25, -0.2) is 8.78 Å². The van der Waals surface area contributed by atoms with Crippen molar-refractivity contribution in [1.29, 1.82) is 0 Å². The van der Waals surface area contributed by atoms with Crippen molar-refractivity contribution in [2.24, 2.45) is 0 Å². The van der Waals surface area contributed by atoms with Crippen LogP contribution in [-0.2, 0) is 5.33 Å². The Kier molecular flexibility index (Phi) is 3.61. The lowest BCUT2D eigenvalue weighted by atomic mass is 10.2. The number of aromatic nitrogens is 1. The Hall–Kier alpha value is -0.230. The second-order valence-electron chi connectivity index (χ2n) is 2.32. The number of halogens is 4. The van der Waals surface area contributed by atoms with Crippen molar-refractivity contribution in [2.75, 3.05) is 5.73 Å². The predicted octanol–water partition coefficient (Wildman–Crippen LogP) is 3.26. The van der Waals surface area contributed by atoms with Gasteiger partial charge in [-0.1, -0.05) is 15.9 Å².